The van der Waals surface area contributed by atoms with E-state index in [2.05, 4.69) is 49.4 Å². The Morgan fingerprint density at radius 1 is 1.19 bits per heavy atom. The molecule has 0 saturated carbocycles. The topological polar surface area (TPSA) is 110 Å². The zero-order valence-electron chi connectivity index (χ0n) is 18.1. The monoisotopic (exact) mass is 432 g/mol. The van der Waals surface area contributed by atoms with Crippen LogP contribution in [0.3, 0.4) is 0 Å². The molecule has 164 valence electrons. The quantitative estimate of drug-likeness (QED) is 0.505. The van der Waals surface area contributed by atoms with Crippen LogP contribution in [0.1, 0.15) is 24.2 Å². The van der Waals surface area contributed by atoms with Gasteiger partial charge in [0.1, 0.15) is 5.52 Å². The average molecular weight is 432 g/mol. The highest BCUT2D eigenvalue weighted by Crippen LogP contribution is 2.31. The number of hydrogen-bond donors (Lipinski definition) is 2. The minimum Gasteiger partial charge on any atom is -0.467 e. The van der Waals surface area contributed by atoms with Crippen LogP contribution in [0.5, 0.6) is 6.01 Å². The summed E-state index contributed by atoms with van der Waals surface area (Å²) in [5, 5.41) is 11.5. The number of benzene rings is 1. The second-order valence-corrected chi connectivity index (χ2v) is 8.04. The molecule has 2 N–H and O–H groups in total. The lowest BCUT2D eigenvalue weighted by molar-refractivity contribution is 0.102. The van der Waals surface area contributed by atoms with Gasteiger partial charge >= 0.3 is 6.01 Å². The number of aromatic nitrogens is 5. The van der Waals surface area contributed by atoms with Gasteiger partial charge in [-0.05, 0) is 26.0 Å². The van der Waals surface area contributed by atoms with E-state index in [9.17, 15) is 4.79 Å². The summed E-state index contributed by atoms with van der Waals surface area (Å²) in [6.45, 7) is 6.04. The molecule has 1 fully saturated rings. The van der Waals surface area contributed by atoms with Crippen LogP contribution >= 0.6 is 0 Å². The van der Waals surface area contributed by atoms with Gasteiger partial charge in [-0.2, -0.15) is 10.1 Å². The number of methoxy groups -OCH3 is 1. The molecule has 10 nitrogen and oxygen atoms in total. The smallest absolute Gasteiger partial charge is 0.316 e. The maximum atomic E-state index is 13.3. The van der Waals surface area contributed by atoms with Crippen LogP contribution in [0, 0.1) is 0 Å². The third-order valence-electron chi connectivity index (χ3n) is 5.60. The third-order valence-corrected chi connectivity index (χ3v) is 5.60. The molecule has 1 amide bonds. The Morgan fingerprint density at radius 2 is 2.00 bits per heavy atom. The van der Waals surface area contributed by atoms with Crippen molar-refractivity contribution in [2.75, 3.05) is 30.4 Å². The number of nitrogens with one attached hydrogen (secondary N) is 2. The van der Waals surface area contributed by atoms with E-state index < -0.39 is 0 Å². The molecule has 0 aliphatic carbocycles. The molecule has 32 heavy (non-hydrogen) atoms. The summed E-state index contributed by atoms with van der Waals surface area (Å²) in [7, 11) is 1.51. The Kier molecular flexibility index (Phi) is 5.06. The Bertz CT molecular complexity index is 1290. The molecule has 1 aliphatic heterocycles. The van der Waals surface area contributed by atoms with E-state index in [-0.39, 0.29) is 11.9 Å². The van der Waals surface area contributed by atoms with E-state index in [4.69, 9.17) is 4.74 Å². The van der Waals surface area contributed by atoms with E-state index in [1.54, 1.807) is 41.6 Å². The maximum absolute atomic E-state index is 13.3. The number of rotatable bonds is 4. The molecule has 3 aromatic heterocycles. The molecule has 1 saturated heterocycles. The van der Waals surface area contributed by atoms with Crippen LogP contribution in [-0.4, -0.2) is 62.8 Å². The Labute approximate surface area is 184 Å². The van der Waals surface area contributed by atoms with Crippen molar-refractivity contribution in [2.24, 2.45) is 0 Å². The van der Waals surface area contributed by atoms with Crippen molar-refractivity contribution < 1.29 is 9.53 Å². The average Bonchev–Trinajstić information content (AvgIpc) is 3.20. The highest BCUT2D eigenvalue weighted by atomic mass is 16.5. The number of nitrogens with zero attached hydrogens (tertiary/aromatic N) is 6. The lowest BCUT2D eigenvalue weighted by atomic mass is 10.0. The second-order valence-electron chi connectivity index (χ2n) is 8.04. The number of anilines is 2. The Balaban J connectivity index is 1.56. The molecule has 0 spiro atoms. The van der Waals surface area contributed by atoms with Crippen molar-refractivity contribution in [3.05, 3.63) is 48.7 Å². The molecule has 0 unspecified atom stereocenters. The van der Waals surface area contributed by atoms with Crippen molar-refractivity contribution in [3.8, 4) is 6.01 Å². The lowest BCUT2D eigenvalue weighted by Gasteiger charge is -2.38. The standard InChI is InChI=1S/C22H24N8O2/c1-13-11-29(12-14(2)26-13)18-5-4-15(20-16(18)8-24-22(28-20)32-3)21(31)27-17-9-25-30-7-6-23-10-19(17)30/h4-10,13-14,26H,11-12H2,1-3H3,(H,27,31)/t13-,14+. The van der Waals surface area contributed by atoms with Crippen molar-refractivity contribution in [1.29, 1.82) is 0 Å². The number of carbonyl (C=O) groups excluding carboxylic acids is 1. The molecule has 0 bridgehead atoms. The SMILES string of the molecule is COc1ncc2c(N3C[C@@H](C)N[C@@H](C)C3)ccc(C(=O)Nc3cnn4ccncc34)c2n1. The minimum atomic E-state index is -0.289. The van der Waals surface area contributed by atoms with E-state index in [0.29, 0.717) is 34.4 Å². The molecule has 1 aromatic carbocycles. The number of carbonyl (C=O) groups is 1. The molecule has 4 aromatic rings. The van der Waals surface area contributed by atoms with Crippen molar-refractivity contribution in [2.45, 2.75) is 25.9 Å². The van der Waals surface area contributed by atoms with Crippen molar-refractivity contribution in [1.82, 2.24) is 29.9 Å². The summed E-state index contributed by atoms with van der Waals surface area (Å²) >= 11 is 0. The summed E-state index contributed by atoms with van der Waals surface area (Å²) < 4.78 is 6.90. The fourth-order valence-corrected chi connectivity index (χ4v) is 4.29. The fraction of sp³-hybridized carbons (Fsp3) is 0.318. The molecule has 2 atom stereocenters. The predicted octanol–water partition coefficient (Wildman–Crippen LogP) is 2.12. The summed E-state index contributed by atoms with van der Waals surface area (Å²) in [6, 6.07) is 4.68. The fourth-order valence-electron chi connectivity index (χ4n) is 4.29. The predicted molar refractivity (Wildman–Crippen MR) is 121 cm³/mol. The molecule has 1 aliphatic rings. The van der Waals surface area contributed by atoms with Crippen molar-refractivity contribution >= 4 is 33.7 Å². The molecular weight excluding hydrogens is 408 g/mol. The van der Waals surface area contributed by atoms with Gasteiger partial charge in [-0.25, -0.2) is 9.50 Å². The highest BCUT2D eigenvalue weighted by molar-refractivity contribution is 6.14. The van der Waals surface area contributed by atoms with Gasteiger partial charge in [0.2, 0.25) is 0 Å². The molecule has 0 radical (unpaired) electrons. The summed E-state index contributed by atoms with van der Waals surface area (Å²) in [4.78, 5) is 28.5. The van der Waals surface area contributed by atoms with Gasteiger partial charge in [-0.1, -0.05) is 0 Å². The second kappa shape index (κ2) is 8.04. The number of fused-ring (bicyclic) bond motifs is 2. The van der Waals surface area contributed by atoms with Gasteiger partial charge in [0, 0.05) is 54.8 Å². The van der Waals surface area contributed by atoms with Crippen LogP contribution < -0.4 is 20.3 Å². The zero-order chi connectivity index (χ0) is 22.2. The van der Waals surface area contributed by atoms with Gasteiger partial charge < -0.3 is 20.3 Å². The number of amides is 1. The van der Waals surface area contributed by atoms with Gasteiger partial charge in [-0.15, -0.1) is 0 Å². The van der Waals surface area contributed by atoms with Crippen LogP contribution in [0.25, 0.3) is 16.4 Å². The maximum Gasteiger partial charge on any atom is 0.316 e. The molecule has 10 heteroatoms. The lowest BCUT2D eigenvalue weighted by Crippen LogP contribution is -2.54. The first-order valence-corrected chi connectivity index (χ1v) is 10.5. The van der Waals surface area contributed by atoms with Gasteiger partial charge in [0.15, 0.2) is 0 Å². The summed E-state index contributed by atoms with van der Waals surface area (Å²) in [5.41, 5.74) is 3.26. The Morgan fingerprint density at radius 3 is 2.78 bits per heavy atom. The normalized spacial score (nSPS) is 18.8. The van der Waals surface area contributed by atoms with Crippen LogP contribution in [0.4, 0.5) is 11.4 Å². The van der Waals surface area contributed by atoms with Crippen LogP contribution in [0.2, 0.25) is 0 Å². The largest absolute Gasteiger partial charge is 0.467 e. The summed E-state index contributed by atoms with van der Waals surface area (Å²) in [6.07, 6.45) is 8.35. The first-order valence-electron chi connectivity index (χ1n) is 10.5. The third kappa shape index (κ3) is 3.58. The number of hydrogen-bond acceptors (Lipinski definition) is 8. The molecule has 5 rings (SSSR count). The van der Waals surface area contributed by atoms with E-state index in [1.165, 1.54) is 7.11 Å². The molecular formula is C22H24N8O2. The van der Waals surface area contributed by atoms with E-state index in [1.807, 2.05) is 6.07 Å². The summed E-state index contributed by atoms with van der Waals surface area (Å²) in [5.74, 6) is -0.289. The van der Waals surface area contributed by atoms with E-state index in [0.717, 1.165) is 24.2 Å². The number of piperazine rings is 1. The first kappa shape index (κ1) is 20.1. The number of ether oxygens (including phenoxy) is 1. The van der Waals surface area contributed by atoms with Gasteiger partial charge in [0.25, 0.3) is 5.91 Å². The zero-order valence-corrected chi connectivity index (χ0v) is 18.1. The van der Waals surface area contributed by atoms with E-state index >= 15 is 0 Å². The molecule has 4 heterocycles. The highest BCUT2D eigenvalue weighted by Gasteiger charge is 2.25. The minimum absolute atomic E-state index is 0.214. The first-order chi connectivity index (χ1) is 15.5. The van der Waals surface area contributed by atoms with Crippen LogP contribution in [-0.2, 0) is 0 Å². The van der Waals surface area contributed by atoms with Gasteiger partial charge in [-0.3, -0.25) is 9.78 Å². The van der Waals surface area contributed by atoms with Gasteiger partial charge in [0.05, 0.1) is 36.3 Å². The van der Waals surface area contributed by atoms with Crippen molar-refractivity contribution in [3.63, 3.8) is 0 Å². The van der Waals surface area contributed by atoms with Crippen LogP contribution in [0.15, 0.2) is 43.1 Å². The Hall–Kier alpha value is -3.79.